The summed E-state index contributed by atoms with van der Waals surface area (Å²) < 4.78 is 52.2. The molecule has 1 aliphatic rings. The predicted molar refractivity (Wildman–Crippen MR) is 91.3 cm³/mol. The van der Waals surface area contributed by atoms with Crippen molar-refractivity contribution in [2.45, 2.75) is 44.9 Å². The van der Waals surface area contributed by atoms with E-state index < -0.39 is 17.6 Å². The molecule has 2 N–H and O–H groups in total. The lowest BCUT2D eigenvalue weighted by molar-refractivity contribution is -0.137. The smallest absolute Gasteiger partial charge is 0.350 e. The molecule has 0 bridgehead atoms. The van der Waals surface area contributed by atoms with Gasteiger partial charge in [-0.1, -0.05) is 6.07 Å². The van der Waals surface area contributed by atoms with Crippen molar-refractivity contribution in [3.63, 3.8) is 0 Å². The lowest BCUT2D eigenvalue weighted by atomic mass is 10.0. The highest BCUT2D eigenvalue weighted by Crippen LogP contribution is 2.33. The zero-order valence-electron chi connectivity index (χ0n) is 14.5. The number of halogens is 4. The molecule has 1 aromatic heterocycles. The molecule has 3 rings (SSSR count). The van der Waals surface area contributed by atoms with Crippen LogP contribution < -0.4 is 10.6 Å². The Bertz CT molecular complexity index is 785. The van der Waals surface area contributed by atoms with E-state index in [1.54, 1.807) is 6.92 Å². The lowest BCUT2D eigenvalue weighted by Crippen LogP contribution is -2.38. The Balaban J connectivity index is 1.81. The molecule has 0 aliphatic carbocycles. The van der Waals surface area contributed by atoms with Gasteiger partial charge in [-0.15, -0.1) is 0 Å². The molecular formula is C18H20F4N4. The number of hydrogen-bond donors (Lipinski definition) is 2. The molecule has 0 spiro atoms. The Morgan fingerprint density at radius 2 is 2.04 bits per heavy atom. The summed E-state index contributed by atoms with van der Waals surface area (Å²) in [5.41, 5.74) is -0.109. The molecule has 2 heterocycles. The number of anilines is 1. The fourth-order valence-electron chi connectivity index (χ4n) is 3.15. The Kier molecular flexibility index (Phi) is 5.13. The maximum atomic E-state index is 14.2. The van der Waals surface area contributed by atoms with Gasteiger partial charge in [0.1, 0.15) is 5.82 Å². The summed E-state index contributed by atoms with van der Waals surface area (Å²) in [5, 5.41) is 6.61. The highest BCUT2D eigenvalue weighted by atomic mass is 19.4. The summed E-state index contributed by atoms with van der Waals surface area (Å²) in [6.07, 6.45) is -0.945. The van der Waals surface area contributed by atoms with Crippen LogP contribution in [0.25, 0.3) is 11.1 Å². The SMILES string of the molecule is Cc1nc(N[C@H](C)[C@H]2CCCN2)ncc1-c1ccc(C(F)(F)F)cc1F. The number of nitrogens with zero attached hydrogens (tertiary/aromatic N) is 2. The fourth-order valence-corrected chi connectivity index (χ4v) is 3.15. The van der Waals surface area contributed by atoms with Gasteiger partial charge in [-0.2, -0.15) is 13.2 Å². The Labute approximate surface area is 149 Å². The Hall–Kier alpha value is -2.22. The summed E-state index contributed by atoms with van der Waals surface area (Å²) in [6.45, 7) is 4.70. The molecule has 2 atom stereocenters. The molecule has 0 amide bonds. The maximum absolute atomic E-state index is 14.2. The van der Waals surface area contributed by atoms with E-state index in [1.807, 2.05) is 6.92 Å². The molecule has 1 aromatic carbocycles. The molecule has 8 heteroatoms. The minimum Gasteiger partial charge on any atom is -0.350 e. The lowest BCUT2D eigenvalue weighted by Gasteiger charge is -2.21. The second-order valence-corrected chi connectivity index (χ2v) is 6.52. The zero-order valence-corrected chi connectivity index (χ0v) is 14.5. The number of hydrogen-bond acceptors (Lipinski definition) is 4. The number of rotatable bonds is 4. The Morgan fingerprint density at radius 1 is 1.27 bits per heavy atom. The molecular weight excluding hydrogens is 348 g/mol. The second kappa shape index (κ2) is 7.19. The van der Waals surface area contributed by atoms with Crippen LogP contribution in [-0.2, 0) is 6.18 Å². The molecule has 4 nitrogen and oxygen atoms in total. The normalized spacial score (nSPS) is 18.8. The summed E-state index contributed by atoms with van der Waals surface area (Å²) in [7, 11) is 0. The second-order valence-electron chi connectivity index (χ2n) is 6.52. The standard InChI is InChI=1S/C18H20F4N4/c1-10-14(13-6-5-12(8-15(13)19)18(20,21)22)9-24-17(25-10)26-11(2)16-4-3-7-23-16/h5-6,8-9,11,16,23H,3-4,7H2,1-2H3,(H,24,25,26)/t11-,16-/m1/s1. The van der Waals surface area contributed by atoms with Crippen molar-refractivity contribution in [1.82, 2.24) is 15.3 Å². The van der Waals surface area contributed by atoms with Gasteiger partial charge in [0.2, 0.25) is 5.95 Å². The topological polar surface area (TPSA) is 49.8 Å². The van der Waals surface area contributed by atoms with Crippen LogP contribution in [0.15, 0.2) is 24.4 Å². The summed E-state index contributed by atoms with van der Waals surface area (Å²) in [4.78, 5) is 8.53. The summed E-state index contributed by atoms with van der Waals surface area (Å²) in [5.74, 6) is -0.532. The van der Waals surface area contributed by atoms with E-state index in [4.69, 9.17) is 0 Å². The van der Waals surface area contributed by atoms with E-state index in [1.165, 1.54) is 6.20 Å². The van der Waals surface area contributed by atoms with Crippen molar-refractivity contribution in [3.8, 4) is 11.1 Å². The third kappa shape index (κ3) is 3.95. The fraction of sp³-hybridized carbons (Fsp3) is 0.444. The van der Waals surface area contributed by atoms with Gasteiger partial charge < -0.3 is 10.6 Å². The average molecular weight is 368 g/mol. The molecule has 140 valence electrons. The maximum Gasteiger partial charge on any atom is 0.416 e. The minimum absolute atomic E-state index is 0.0487. The molecule has 1 saturated heterocycles. The number of aryl methyl sites for hydroxylation is 1. The largest absolute Gasteiger partial charge is 0.416 e. The van der Waals surface area contributed by atoms with Crippen LogP contribution >= 0.6 is 0 Å². The summed E-state index contributed by atoms with van der Waals surface area (Å²) in [6, 6.07) is 2.94. The van der Waals surface area contributed by atoms with Gasteiger partial charge in [0.05, 0.1) is 11.3 Å². The first kappa shape index (κ1) is 18.6. The average Bonchev–Trinajstić information content (AvgIpc) is 3.09. The molecule has 0 radical (unpaired) electrons. The molecule has 2 aromatic rings. The van der Waals surface area contributed by atoms with E-state index in [0.29, 0.717) is 29.3 Å². The van der Waals surface area contributed by atoms with Gasteiger partial charge in [0.25, 0.3) is 0 Å². The molecule has 1 fully saturated rings. The van der Waals surface area contributed by atoms with E-state index in [9.17, 15) is 17.6 Å². The van der Waals surface area contributed by atoms with Gasteiger partial charge in [-0.25, -0.2) is 14.4 Å². The van der Waals surface area contributed by atoms with E-state index in [0.717, 1.165) is 31.5 Å². The van der Waals surface area contributed by atoms with Crippen molar-refractivity contribution < 1.29 is 17.6 Å². The van der Waals surface area contributed by atoms with Gasteiger partial charge in [0, 0.05) is 29.4 Å². The first-order chi connectivity index (χ1) is 12.3. The van der Waals surface area contributed by atoms with E-state index >= 15 is 0 Å². The highest BCUT2D eigenvalue weighted by Gasteiger charge is 2.31. The van der Waals surface area contributed by atoms with Gasteiger partial charge in [-0.05, 0) is 45.4 Å². The minimum atomic E-state index is -4.58. The highest BCUT2D eigenvalue weighted by molar-refractivity contribution is 5.66. The number of nitrogens with one attached hydrogen (secondary N) is 2. The van der Waals surface area contributed by atoms with Gasteiger partial charge >= 0.3 is 6.18 Å². The van der Waals surface area contributed by atoms with Crippen LogP contribution in [-0.4, -0.2) is 28.6 Å². The van der Waals surface area contributed by atoms with Crippen LogP contribution in [0.1, 0.15) is 31.0 Å². The van der Waals surface area contributed by atoms with Crippen molar-refractivity contribution in [2.75, 3.05) is 11.9 Å². The van der Waals surface area contributed by atoms with Crippen molar-refractivity contribution in [1.29, 1.82) is 0 Å². The van der Waals surface area contributed by atoms with Gasteiger partial charge in [-0.3, -0.25) is 0 Å². The van der Waals surface area contributed by atoms with Crippen molar-refractivity contribution in [2.24, 2.45) is 0 Å². The third-order valence-corrected chi connectivity index (χ3v) is 4.62. The van der Waals surface area contributed by atoms with E-state index in [2.05, 4.69) is 20.6 Å². The van der Waals surface area contributed by atoms with Crippen LogP contribution in [0.4, 0.5) is 23.5 Å². The number of aromatic nitrogens is 2. The van der Waals surface area contributed by atoms with Crippen molar-refractivity contribution in [3.05, 3.63) is 41.5 Å². The van der Waals surface area contributed by atoms with Crippen LogP contribution in [0, 0.1) is 12.7 Å². The first-order valence-electron chi connectivity index (χ1n) is 8.46. The Morgan fingerprint density at radius 3 is 2.62 bits per heavy atom. The quantitative estimate of drug-likeness (QED) is 0.796. The van der Waals surface area contributed by atoms with Crippen LogP contribution in [0.5, 0.6) is 0 Å². The zero-order chi connectivity index (χ0) is 18.9. The van der Waals surface area contributed by atoms with Gasteiger partial charge in [0.15, 0.2) is 0 Å². The number of alkyl halides is 3. The van der Waals surface area contributed by atoms with Crippen molar-refractivity contribution >= 4 is 5.95 Å². The molecule has 0 saturated carbocycles. The summed E-state index contributed by atoms with van der Waals surface area (Å²) >= 11 is 0. The van der Waals surface area contributed by atoms with Crippen LogP contribution in [0.3, 0.4) is 0 Å². The molecule has 1 aliphatic heterocycles. The predicted octanol–water partition coefficient (Wildman–Crippen LogP) is 4.16. The third-order valence-electron chi connectivity index (χ3n) is 4.62. The van der Waals surface area contributed by atoms with Crippen LogP contribution in [0.2, 0.25) is 0 Å². The first-order valence-corrected chi connectivity index (χ1v) is 8.46. The molecule has 26 heavy (non-hydrogen) atoms. The monoisotopic (exact) mass is 368 g/mol. The molecule has 0 unspecified atom stereocenters. The van der Waals surface area contributed by atoms with E-state index in [-0.39, 0.29) is 11.6 Å². The number of benzene rings is 1.